The second-order valence-electron chi connectivity index (χ2n) is 4.38. The normalized spacial score (nSPS) is 10.6. The molecule has 1 aromatic heterocycles. The van der Waals surface area contributed by atoms with E-state index in [0.29, 0.717) is 0 Å². The van der Waals surface area contributed by atoms with Gasteiger partial charge in [0.1, 0.15) is 5.01 Å². The van der Waals surface area contributed by atoms with Crippen molar-refractivity contribution in [3.05, 3.63) is 28.8 Å². The van der Waals surface area contributed by atoms with E-state index < -0.39 is 0 Å². The number of hydrogen-bond donors (Lipinski definition) is 1. The number of nitrogens with one attached hydrogen (secondary N) is 1. The van der Waals surface area contributed by atoms with E-state index >= 15 is 0 Å². The monoisotopic (exact) mass is 292 g/mol. The van der Waals surface area contributed by atoms with Crippen molar-refractivity contribution in [3.8, 4) is 22.1 Å². The summed E-state index contributed by atoms with van der Waals surface area (Å²) in [6, 6.07) is 5.89. The van der Waals surface area contributed by atoms with Gasteiger partial charge in [-0.3, -0.25) is 0 Å². The third-order valence-corrected chi connectivity index (χ3v) is 4.27. The van der Waals surface area contributed by atoms with Crippen molar-refractivity contribution in [2.24, 2.45) is 0 Å². The third-order valence-electron chi connectivity index (χ3n) is 3.06. The predicted octanol–water partition coefficient (Wildman–Crippen LogP) is 3.25. The van der Waals surface area contributed by atoms with Gasteiger partial charge in [0.25, 0.3) is 0 Å². The molecule has 108 valence electrons. The number of hydrogen-bond acceptors (Lipinski definition) is 5. The van der Waals surface area contributed by atoms with E-state index in [1.165, 1.54) is 4.88 Å². The lowest BCUT2D eigenvalue weighted by molar-refractivity contribution is 0.355. The van der Waals surface area contributed by atoms with Crippen LogP contribution in [0, 0.1) is 6.92 Å². The Morgan fingerprint density at radius 3 is 2.60 bits per heavy atom. The first kappa shape index (κ1) is 14.8. The Morgan fingerprint density at radius 1 is 1.20 bits per heavy atom. The minimum absolute atomic E-state index is 0.728. The minimum Gasteiger partial charge on any atom is -0.493 e. The van der Waals surface area contributed by atoms with Crippen LogP contribution in [0.15, 0.2) is 18.2 Å². The molecule has 1 heterocycles. The average molecular weight is 292 g/mol. The van der Waals surface area contributed by atoms with Crippen LogP contribution >= 0.6 is 11.3 Å². The molecule has 0 radical (unpaired) electrons. The molecule has 5 heteroatoms. The summed E-state index contributed by atoms with van der Waals surface area (Å²) in [6.45, 7) is 5.98. The maximum atomic E-state index is 5.34. The Kier molecular flexibility index (Phi) is 4.98. The van der Waals surface area contributed by atoms with Gasteiger partial charge in [0.2, 0.25) is 0 Å². The summed E-state index contributed by atoms with van der Waals surface area (Å²) in [7, 11) is 3.28. The Labute approximate surface area is 123 Å². The maximum absolute atomic E-state index is 5.34. The zero-order chi connectivity index (χ0) is 14.5. The molecular formula is C15H20N2O2S. The molecule has 0 bridgehead atoms. The first-order chi connectivity index (χ1) is 9.69. The number of thiazole rings is 1. The maximum Gasteiger partial charge on any atom is 0.161 e. The van der Waals surface area contributed by atoms with Crippen LogP contribution in [0.3, 0.4) is 0 Å². The van der Waals surface area contributed by atoms with Crippen LogP contribution in [-0.2, 0) is 6.54 Å². The van der Waals surface area contributed by atoms with E-state index in [1.54, 1.807) is 25.6 Å². The van der Waals surface area contributed by atoms with Gasteiger partial charge in [-0.15, -0.1) is 11.3 Å². The van der Waals surface area contributed by atoms with Gasteiger partial charge in [-0.1, -0.05) is 6.92 Å². The Hall–Kier alpha value is -1.59. The highest BCUT2D eigenvalue weighted by atomic mass is 32.1. The third kappa shape index (κ3) is 3.11. The van der Waals surface area contributed by atoms with Crippen LogP contribution in [0.5, 0.6) is 11.5 Å². The van der Waals surface area contributed by atoms with E-state index in [2.05, 4.69) is 17.2 Å². The number of rotatable bonds is 6. The molecule has 1 N–H and O–H groups in total. The number of methoxy groups -OCH3 is 2. The fraction of sp³-hybridized carbons (Fsp3) is 0.400. The molecule has 1 aromatic carbocycles. The molecule has 0 saturated heterocycles. The van der Waals surface area contributed by atoms with Crippen LogP contribution in [-0.4, -0.2) is 25.7 Å². The van der Waals surface area contributed by atoms with Crippen molar-refractivity contribution < 1.29 is 9.47 Å². The van der Waals surface area contributed by atoms with Crippen LogP contribution < -0.4 is 14.8 Å². The highest BCUT2D eigenvalue weighted by molar-refractivity contribution is 7.15. The highest BCUT2D eigenvalue weighted by Gasteiger charge is 2.12. The topological polar surface area (TPSA) is 43.4 Å². The lowest BCUT2D eigenvalue weighted by atomic mass is 10.2. The molecule has 0 spiro atoms. The number of ether oxygens (including phenoxy) is 2. The average Bonchev–Trinajstić information content (AvgIpc) is 2.85. The summed E-state index contributed by atoms with van der Waals surface area (Å²) in [5.74, 6) is 1.46. The lowest BCUT2D eigenvalue weighted by Crippen LogP contribution is -2.11. The van der Waals surface area contributed by atoms with E-state index in [9.17, 15) is 0 Å². The molecule has 2 aromatic rings. The fourth-order valence-corrected chi connectivity index (χ4v) is 2.95. The SMILES string of the molecule is CCNCc1sc(-c2ccc(OC)c(OC)c2)nc1C. The first-order valence-corrected chi connectivity index (χ1v) is 7.40. The number of aryl methyl sites for hydroxylation is 1. The Bertz CT molecular complexity index is 581. The second-order valence-corrected chi connectivity index (χ2v) is 5.46. The molecule has 0 amide bonds. The number of aromatic nitrogens is 1. The van der Waals surface area contributed by atoms with Gasteiger partial charge in [-0.25, -0.2) is 4.98 Å². The van der Waals surface area contributed by atoms with E-state index in [1.807, 2.05) is 25.1 Å². The molecule has 4 nitrogen and oxygen atoms in total. The predicted molar refractivity (Wildman–Crippen MR) is 82.8 cm³/mol. The van der Waals surface area contributed by atoms with E-state index in [-0.39, 0.29) is 0 Å². The van der Waals surface area contributed by atoms with Crippen LogP contribution in [0.25, 0.3) is 10.6 Å². The van der Waals surface area contributed by atoms with Crippen molar-refractivity contribution in [1.82, 2.24) is 10.3 Å². The van der Waals surface area contributed by atoms with Crippen LogP contribution in [0.2, 0.25) is 0 Å². The summed E-state index contributed by atoms with van der Waals surface area (Å²) in [5, 5.41) is 4.35. The Morgan fingerprint density at radius 2 is 1.95 bits per heavy atom. The zero-order valence-electron chi connectivity index (χ0n) is 12.3. The smallest absolute Gasteiger partial charge is 0.161 e. The molecule has 0 aliphatic rings. The van der Waals surface area contributed by atoms with E-state index in [4.69, 9.17) is 9.47 Å². The van der Waals surface area contributed by atoms with Gasteiger partial charge < -0.3 is 14.8 Å². The summed E-state index contributed by atoms with van der Waals surface area (Å²) >= 11 is 1.72. The molecule has 0 saturated carbocycles. The quantitative estimate of drug-likeness (QED) is 0.887. The van der Waals surface area contributed by atoms with Crippen molar-refractivity contribution in [1.29, 1.82) is 0 Å². The molecule has 2 rings (SSSR count). The molecule has 0 atom stereocenters. The van der Waals surface area contributed by atoms with Gasteiger partial charge in [-0.2, -0.15) is 0 Å². The molecule has 0 aliphatic carbocycles. The van der Waals surface area contributed by atoms with Crippen molar-refractivity contribution in [2.45, 2.75) is 20.4 Å². The van der Waals surface area contributed by atoms with Gasteiger partial charge in [0, 0.05) is 17.0 Å². The van der Waals surface area contributed by atoms with E-state index in [0.717, 1.165) is 40.9 Å². The number of benzene rings is 1. The summed E-state index contributed by atoms with van der Waals surface area (Å²) in [5.41, 5.74) is 2.14. The van der Waals surface area contributed by atoms with Gasteiger partial charge in [0.05, 0.1) is 19.9 Å². The molecule has 0 aliphatic heterocycles. The lowest BCUT2D eigenvalue weighted by Gasteiger charge is -2.08. The molecule has 0 unspecified atom stereocenters. The summed E-state index contributed by atoms with van der Waals surface area (Å²) < 4.78 is 10.6. The number of nitrogens with zero attached hydrogens (tertiary/aromatic N) is 1. The minimum atomic E-state index is 0.728. The van der Waals surface area contributed by atoms with Gasteiger partial charge >= 0.3 is 0 Å². The summed E-state index contributed by atoms with van der Waals surface area (Å²) in [6.07, 6.45) is 0. The fourth-order valence-electron chi connectivity index (χ4n) is 1.92. The van der Waals surface area contributed by atoms with Gasteiger partial charge in [-0.05, 0) is 31.7 Å². The largest absolute Gasteiger partial charge is 0.493 e. The molecule has 20 heavy (non-hydrogen) atoms. The highest BCUT2D eigenvalue weighted by Crippen LogP contribution is 2.34. The first-order valence-electron chi connectivity index (χ1n) is 6.59. The molecule has 0 fully saturated rings. The van der Waals surface area contributed by atoms with Crippen LogP contribution in [0.4, 0.5) is 0 Å². The second kappa shape index (κ2) is 6.72. The van der Waals surface area contributed by atoms with Crippen molar-refractivity contribution >= 4 is 11.3 Å². The van der Waals surface area contributed by atoms with Crippen molar-refractivity contribution in [2.75, 3.05) is 20.8 Å². The Balaban J connectivity index is 2.31. The summed E-state index contributed by atoms with van der Waals surface area (Å²) in [4.78, 5) is 5.92. The standard InChI is InChI=1S/C15H20N2O2S/c1-5-16-9-14-10(2)17-15(20-14)11-6-7-12(18-3)13(8-11)19-4/h6-8,16H,5,9H2,1-4H3. The van der Waals surface area contributed by atoms with Gasteiger partial charge in [0.15, 0.2) is 11.5 Å². The van der Waals surface area contributed by atoms with Crippen LogP contribution in [0.1, 0.15) is 17.5 Å². The van der Waals surface area contributed by atoms with Crippen molar-refractivity contribution in [3.63, 3.8) is 0 Å². The zero-order valence-corrected chi connectivity index (χ0v) is 13.1. The molecular weight excluding hydrogens is 272 g/mol.